The van der Waals surface area contributed by atoms with Crippen LogP contribution in [0.2, 0.25) is 8.67 Å². The van der Waals surface area contributed by atoms with Crippen LogP contribution in [0.15, 0.2) is 24.3 Å². The number of halogens is 2. The summed E-state index contributed by atoms with van der Waals surface area (Å²) in [5.74, 6) is 0.663. The van der Waals surface area contributed by atoms with Crippen LogP contribution in [0.3, 0.4) is 0 Å². The number of aromatic nitrogens is 2. The zero-order valence-electron chi connectivity index (χ0n) is 9.42. The van der Waals surface area contributed by atoms with Gasteiger partial charge < -0.3 is 10.3 Å². The second-order valence-electron chi connectivity index (χ2n) is 3.88. The van der Waals surface area contributed by atoms with E-state index in [1.54, 1.807) is 0 Å². The van der Waals surface area contributed by atoms with Gasteiger partial charge in [-0.3, -0.25) is 0 Å². The molecule has 0 saturated carbocycles. The summed E-state index contributed by atoms with van der Waals surface area (Å²) in [7, 11) is 0. The number of H-pyrrole nitrogens is 1. The van der Waals surface area contributed by atoms with Crippen molar-refractivity contribution >= 4 is 57.2 Å². The summed E-state index contributed by atoms with van der Waals surface area (Å²) in [5, 5.41) is 3.18. The fraction of sp³-hybridized carbons (Fsp3) is 0.0833. The molecule has 0 bridgehead atoms. The van der Waals surface area contributed by atoms with Gasteiger partial charge in [0.25, 0.3) is 0 Å². The Morgan fingerprint density at radius 3 is 2.67 bits per heavy atom. The van der Waals surface area contributed by atoms with Crippen LogP contribution in [0.25, 0.3) is 11.0 Å². The molecule has 6 heteroatoms. The lowest BCUT2D eigenvalue weighted by Crippen LogP contribution is -1.92. The Bertz CT molecular complexity index is 684. The number of hydrogen-bond acceptors (Lipinski definition) is 3. The molecular weight excluding hydrogens is 289 g/mol. The van der Waals surface area contributed by atoms with E-state index in [1.807, 2.05) is 31.2 Å². The standard InChI is InChI=1S/C12H9Cl2N3S/c1-6-9(11(14)18-10(6)13)17-12-15-7-4-2-3-5-8(7)16-12/h2-5H,1H3,(H2,15,16,17). The maximum atomic E-state index is 6.13. The van der Waals surface area contributed by atoms with Crippen molar-refractivity contribution < 1.29 is 0 Å². The number of para-hydroxylation sites is 2. The number of rotatable bonds is 2. The van der Waals surface area contributed by atoms with Crippen LogP contribution in [0.4, 0.5) is 11.6 Å². The van der Waals surface area contributed by atoms with Crippen molar-refractivity contribution in [3.05, 3.63) is 38.5 Å². The Morgan fingerprint density at radius 2 is 2.00 bits per heavy atom. The molecule has 3 aromatic rings. The molecule has 0 atom stereocenters. The number of nitrogens with zero attached hydrogens (tertiary/aromatic N) is 1. The van der Waals surface area contributed by atoms with E-state index in [0.29, 0.717) is 14.6 Å². The Hall–Kier alpha value is -1.23. The second-order valence-corrected chi connectivity index (χ2v) is 6.10. The molecule has 3 rings (SSSR count). The summed E-state index contributed by atoms with van der Waals surface area (Å²) in [4.78, 5) is 7.62. The first-order chi connectivity index (χ1) is 8.65. The molecule has 92 valence electrons. The first kappa shape index (κ1) is 11.8. The maximum absolute atomic E-state index is 6.13. The number of imidazole rings is 1. The summed E-state index contributed by atoms with van der Waals surface area (Å²) in [6, 6.07) is 7.84. The van der Waals surface area contributed by atoms with E-state index in [4.69, 9.17) is 23.2 Å². The van der Waals surface area contributed by atoms with Crippen LogP contribution in [0.1, 0.15) is 5.56 Å². The average Bonchev–Trinajstić information content (AvgIpc) is 2.86. The molecule has 0 fully saturated rings. The first-order valence-electron chi connectivity index (χ1n) is 5.31. The van der Waals surface area contributed by atoms with Gasteiger partial charge in [-0.25, -0.2) is 4.98 Å². The number of thiophene rings is 1. The topological polar surface area (TPSA) is 40.7 Å². The van der Waals surface area contributed by atoms with Gasteiger partial charge in [-0.2, -0.15) is 0 Å². The predicted octanol–water partition coefficient (Wildman–Crippen LogP) is 4.98. The zero-order valence-corrected chi connectivity index (χ0v) is 11.7. The van der Waals surface area contributed by atoms with Crippen molar-refractivity contribution in [3.8, 4) is 0 Å². The third-order valence-corrected chi connectivity index (χ3v) is 4.48. The van der Waals surface area contributed by atoms with E-state index in [-0.39, 0.29) is 0 Å². The Morgan fingerprint density at radius 1 is 1.22 bits per heavy atom. The highest BCUT2D eigenvalue weighted by Gasteiger charge is 2.13. The van der Waals surface area contributed by atoms with Crippen molar-refractivity contribution in [3.63, 3.8) is 0 Å². The number of fused-ring (bicyclic) bond motifs is 1. The Kier molecular flexibility index (Phi) is 2.93. The molecule has 0 unspecified atom stereocenters. The minimum Gasteiger partial charge on any atom is -0.324 e. The molecule has 0 aliphatic rings. The van der Waals surface area contributed by atoms with Crippen LogP contribution in [0, 0.1) is 6.92 Å². The molecule has 0 saturated heterocycles. The first-order valence-corrected chi connectivity index (χ1v) is 6.88. The van der Waals surface area contributed by atoms with Crippen molar-refractivity contribution in [2.24, 2.45) is 0 Å². The SMILES string of the molecule is Cc1c(Cl)sc(Cl)c1Nc1nc2ccccc2[nH]1. The van der Waals surface area contributed by atoms with Gasteiger partial charge in [0, 0.05) is 5.56 Å². The third kappa shape index (κ3) is 1.96. The lowest BCUT2D eigenvalue weighted by Gasteiger charge is -2.02. The average molecular weight is 298 g/mol. The molecule has 2 heterocycles. The molecular formula is C12H9Cl2N3S. The molecule has 2 N–H and O–H groups in total. The van der Waals surface area contributed by atoms with Crippen LogP contribution in [0.5, 0.6) is 0 Å². The zero-order chi connectivity index (χ0) is 12.7. The van der Waals surface area contributed by atoms with Crippen LogP contribution >= 0.6 is 34.5 Å². The number of aromatic amines is 1. The molecule has 3 nitrogen and oxygen atoms in total. The molecule has 1 aromatic carbocycles. The highest BCUT2D eigenvalue weighted by molar-refractivity contribution is 7.20. The minimum atomic E-state index is 0.637. The van der Waals surface area contributed by atoms with Gasteiger partial charge in [0.05, 0.1) is 21.1 Å². The minimum absolute atomic E-state index is 0.637. The molecule has 0 aliphatic carbocycles. The van der Waals surface area contributed by atoms with Gasteiger partial charge in [-0.1, -0.05) is 35.3 Å². The Labute approximate surface area is 118 Å². The molecule has 0 spiro atoms. The van der Waals surface area contributed by atoms with Crippen LogP contribution in [-0.2, 0) is 0 Å². The summed E-state index contributed by atoms with van der Waals surface area (Å²) < 4.78 is 1.33. The van der Waals surface area contributed by atoms with E-state index in [0.717, 1.165) is 22.3 Å². The largest absolute Gasteiger partial charge is 0.324 e. The second kappa shape index (κ2) is 4.46. The quantitative estimate of drug-likeness (QED) is 0.700. The van der Waals surface area contributed by atoms with E-state index in [2.05, 4.69) is 15.3 Å². The van der Waals surface area contributed by atoms with Crippen molar-refractivity contribution in [1.82, 2.24) is 9.97 Å². The van der Waals surface area contributed by atoms with Crippen LogP contribution in [-0.4, -0.2) is 9.97 Å². The lowest BCUT2D eigenvalue weighted by atomic mass is 10.3. The van der Waals surface area contributed by atoms with E-state index in [9.17, 15) is 0 Å². The van der Waals surface area contributed by atoms with Gasteiger partial charge in [0.1, 0.15) is 4.34 Å². The lowest BCUT2D eigenvalue weighted by molar-refractivity contribution is 1.30. The maximum Gasteiger partial charge on any atom is 0.205 e. The third-order valence-electron chi connectivity index (χ3n) is 2.68. The van der Waals surface area contributed by atoms with Gasteiger partial charge in [-0.15, -0.1) is 11.3 Å². The predicted molar refractivity (Wildman–Crippen MR) is 78.5 cm³/mol. The smallest absolute Gasteiger partial charge is 0.205 e. The normalized spacial score (nSPS) is 11.1. The molecule has 18 heavy (non-hydrogen) atoms. The van der Waals surface area contributed by atoms with Crippen molar-refractivity contribution in [2.75, 3.05) is 5.32 Å². The van der Waals surface area contributed by atoms with Crippen molar-refractivity contribution in [2.45, 2.75) is 6.92 Å². The summed E-state index contributed by atoms with van der Waals surface area (Å²) >= 11 is 13.5. The van der Waals surface area contributed by atoms with Gasteiger partial charge in [0.2, 0.25) is 5.95 Å². The number of benzene rings is 1. The van der Waals surface area contributed by atoms with E-state index < -0.39 is 0 Å². The summed E-state index contributed by atoms with van der Waals surface area (Å²) in [5.41, 5.74) is 3.64. The monoisotopic (exact) mass is 297 g/mol. The number of anilines is 2. The molecule has 0 amide bonds. The molecule has 0 aliphatic heterocycles. The summed E-state index contributed by atoms with van der Waals surface area (Å²) in [6.45, 7) is 1.93. The molecule has 2 aromatic heterocycles. The van der Waals surface area contributed by atoms with Gasteiger partial charge in [-0.05, 0) is 19.1 Å². The highest BCUT2D eigenvalue weighted by atomic mass is 35.5. The van der Waals surface area contributed by atoms with Gasteiger partial charge in [0.15, 0.2) is 0 Å². The van der Waals surface area contributed by atoms with Gasteiger partial charge >= 0.3 is 0 Å². The van der Waals surface area contributed by atoms with Crippen molar-refractivity contribution in [1.29, 1.82) is 0 Å². The Balaban J connectivity index is 2.01. The van der Waals surface area contributed by atoms with E-state index in [1.165, 1.54) is 11.3 Å². The number of hydrogen-bond donors (Lipinski definition) is 2. The number of nitrogens with one attached hydrogen (secondary N) is 2. The highest BCUT2D eigenvalue weighted by Crippen LogP contribution is 2.41. The fourth-order valence-corrected chi connectivity index (χ4v) is 3.31. The summed E-state index contributed by atoms with van der Waals surface area (Å²) in [6.07, 6.45) is 0. The fourth-order valence-electron chi connectivity index (χ4n) is 1.73. The van der Waals surface area contributed by atoms with E-state index >= 15 is 0 Å². The molecule has 0 radical (unpaired) electrons. The van der Waals surface area contributed by atoms with Crippen LogP contribution < -0.4 is 5.32 Å².